The minimum Gasteiger partial charge on any atom is -0.380 e. The number of rotatable bonds is 2. The number of carbonyl (C=O) groups is 1. The second-order valence-corrected chi connectivity index (χ2v) is 6.44. The van der Waals surface area contributed by atoms with E-state index in [-0.39, 0.29) is 25.1 Å². The second kappa shape index (κ2) is 5.68. The molecule has 2 unspecified atom stereocenters. The second-order valence-electron chi connectivity index (χ2n) is 6.44. The molecule has 0 aromatic heterocycles. The number of likely N-dealkylation sites (tertiary alicyclic amines) is 1. The van der Waals surface area contributed by atoms with E-state index in [1.807, 2.05) is 0 Å². The molecule has 8 heteroatoms. The first-order valence-corrected chi connectivity index (χ1v) is 7.66. The Morgan fingerprint density at radius 2 is 1.71 bits per heavy atom. The number of halogens is 5. The number of carbonyl (C=O) groups excluding carboxylic acids is 1. The minimum atomic E-state index is -4.74. The summed E-state index contributed by atoms with van der Waals surface area (Å²) in [5, 5.41) is 9.60. The van der Waals surface area contributed by atoms with Gasteiger partial charge in [-0.1, -0.05) is 6.07 Å². The van der Waals surface area contributed by atoms with Crippen molar-refractivity contribution < 1.29 is 31.9 Å². The molecule has 3 rings (SSSR count). The molecule has 1 aromatic rings. The van der Waals surface area contributed by atoms with Crippen LogP contribution in [-0.4, -0.2) is 40.8 Å². The molecule has 2 fully saturated rings. The van der Waals surface area contributed by atoms with Gasteiger partial charge in [0.25, 0.3) is 0 Å². The molecule has 0 bridgehead atoms. The normalized spacial score (nSPS) is 26.3. The first kappa shape index (κ1) is 17.1. The molecule has 1 aliphatic heterocycles. The van der Waals surface area contributed by atoms with Gasteiger partial charge >= 0.3 is 6.18 Å². The Hall–Kier alpha value is -1.70. The van der Waals surface area contributed by atoms with Crippen molar-refractivity contribution in [2.24, 2.45) is 5.92 Å². The number of benzene rings is 1. The predicted octanol–water partition coefficient (Wildman–Crippen LogP) is 2.98. The molecule has 24 heavy (non-hydrogen) atoms. The highest BCUT2D eigenvalue weighted by atomic mass is 19.4. The summed E-state index contributed by atoms with van der Waals surface area (Å²) in [6, 6.07) is 3.46. The molecule has 1 amide bonds. The van der Waals surface area contributed by atoms with Gasteiger partial charge in [0.15, 0.2) is 5.60 Å². The third kappa shape index (κ3) is 2.87. The molecule has 2 aliphatic rings. The van der Waals surface area contributed by atoms with E-state index in [0.29, 0.717) is 0 Å². The molecule has 0 spiro atoms. The lowest BCUT2D eigenvalue weighted by Gasteiger charge is -2.39. The van der Waals surface area contributed by atoms with E-state index >= 15 is 0 Å². The van der Waals surface area contributed by atoms with Crippen molar-refractivity contribution in [2.75, 3.05) is 13.1 Å². The summed E-state index contributed by atoms with van der Waals surface area (Å²) in [5.41, 5.74) is -2.91. The molecule has 1 saturated carbocycles. The number of amides is 1. The lowest BCUT2D eigenvalue weighted by atomic mass is 9.90. The average molecular weight is 349 g/mol. The molecule has 132 valence electrons. The monoisotopic (exact) mass is 349 g/mol. The van der Waals surface area contributed by atoms with Crippen molar-refractivity contribution in [1.82, 2.24) is 4.90 Å². The number of hydrogen-bond acceptors (Lipinski definition) is 2. The van der Waals surface area contributed by atoms with Crippen LogP contribution in [0.25, 0.3) is 0 Å². The van der Waals surface area contributed by atoms with Gasteiger partial charge in [-0.2, -0.15) is 13.2 Å². The van der Waals surface area contributed by atoms with Crippen LogP contribution < -0.4 is 0 Å². The van der Waals surface area contributed by atoms with Crippen molar-refractivity contribution in [3.8, 4) is 0 Å². The third-order valence-corrected chi connectivity index (χ3v) is 4.91. The number of piperidine rings is 1. The maximum absolute atomic E-state index is 13.7. The number of alkyl halides is 3. The SMILES string of the molecule is O=C(C1CC1c1c(F)cccc1F)N1CCC(O)(C(F)(F)F)CC1. The number of aliphatic hydroxyl groups is 1. The molecule has 3 nitrogen and oxygen atoms in total. The quantitative estimate of drug-likeness (QED) is 0.834. The highest BCUT2D eigenvalue weighted by molar-refractivity contribution is 5.83. The van der Waals surface area contributed by atoms with Gasteiger partial charge in [0.2, 0.25) is 5.91 Å². The Bertz CT molecular complexity index is 632. The minimum absolute atomic E-state index is 0.139. The number of nitrogens with zero attached hydrogens (tertiary/aromatic N) is 1. The van der Waals surface area contributed by atoms with Gasteiger partial charge in [0.1, 0.15) is 11.6 Å². The van der Waals surface area contributed by atoms with E-state index < -0.39 is 54.0 Å². The zero-order valence-electron chi connectivity index (χ0n) is 12.6. The molecule has 1 heterocycles. The van der Waals surface area contributed by atoms with Gasteiger partial charge in [-0.05, 0) is 18.6 Å². The molecule has 1 aliphatic carbocycles. The Balaban J connectivity index is 1.64. The van der Waals surface area contributed by atoms with Crippen LogP contribution >= 0.6 is 0 Å². The fourth-order valence-electron chi connectivity index (χ4n) is 3.27. The maximum Gasteiger partial charge on any atom is 0.417 e. The lowest BCUT2D eigenvalue weighted by Crippen LogP contribution is -2.54. The van der Waals surface area contributed by atoms with Crippen molar-refractivity contribution in [1.29, 1.82) is 0 Å². The molecule has 1 aromatic carbocycles. The van der Waals surface area contributed by atoms with Gasteiger partial charge < -0.3 is 10.0 Å². The van der Waals surface area contributed by atoms with Crippen molar-refractivity contribution in [3.63, 3.8) is 0 Å². The van der Waals surface area contributed by atoms with Crippen LogP contribution in [0.4, 0.5) is 22.0 Å². The summed E-state index contributed by atoms with van der Waals surface area (Å²) in [7, 11) is 0. The number of hydrogen-bond donors (Lipinski definition) is 1. The zero-order chi connectivity index (χ0) is 17.7. The van der Waals surface area contributed by atoms with Gasteiger partial charge in [0.05, 0.1) is 0 Å². The summed E-state index contributed by atoms with van der Waals surface area (Å²) in [6.07, 6.45) is -5.64. The third-order valence-electron chi connectivity index (χ3n) is 4.91. The smallest absolute Gasteiger partial charge is 0.380 e. The first-order valence-electron chi connectivity index (χ1n) is 7.66. The van der Waals surface area contributed by atoms with E-state index in [9.17, 15) is 31.9 Å². The van der Waals surface area contributed by atoms with Crippen LogP contribution in [0.15, 0.2) is 18.2 Å². The predicted molar refractivity (Wildman–Crippen MR) is 74.0 cm³/mol. The van der Waals surface area contributed by atoms with Gasteiger partial charge in [-0.3, -0.25) is 4.79 Å². The van der Waals surface area contributed by atoms with Crippen LogP contribution in [0.5, 0.6) is 0 Å². The van der Waals surface area contributed by atoms with Crippen LogP contribution in [0, 0.1) is 17.6 Å². The topological polar surface area (TPSA) is 40.5 Å². The Morgan fingerprint density at radius 3 is 2.21 bits per heavy atom. The van der Waals surface area contributed by atoms with Crippen LogP contribution in [0.2, 0.25) is 0 Å². The summed E-state index contributed by atoms with van der Waals surface area (Å²) < 4.78 is 65.7. The largest absolute Gasteiger partial charge is 0.417 e. The van der Waals surface area contributed by atoms with Gasteiger partial charge in [-0.25, -0.2) is 8.78 Å². The van der Waals surface area contributed by atoms with Crippen molar-refractivity contribution in [2.45, 2.75) is 37.0 Å². The summed E-state index contributed by atoms with van der Waals surface area (Å²) in [4.78, 5) is 13.6. The van der Waals surface area contributed by atoms with Gasteiger partial charge in [0, 0.05) is 43.3 Å². The molecule has 1 saturated heterocycles. The molecular formula is C16H16F5NO2. The maximum atomic E-state index is 13.7. The zero-order valence-corrected chi connectivity index (χ0v) is 12.6. The van der Waals surface area contributed by atoms with E-state index in [1.54, 1.807) is 0 Å². The highest BCUT2D eigenvalue weighted by Crippen LogP contribution is 2.50. The van der Waals surface area contributed by atoms with Crippen LogP contribution in [0.3, 0.4) is 0 Å². The van der Waals surface area contributed by atoms with E-state index in [1.165, 1.54) is 11.0 Å². The summed E-state index contributed by atoms with van der Waals surface area (Å²) in [5.74, 6) is -3.05. The van der Waals surface area contributed by atoms with Crippen LogP contribution in [-0.2, 0) is 4.79 Å². The van der Waals surface area contributed by atoms with E-state index in [0.717, 1.165) is 12.1 Å². The van der Waals surface area contributed by atoms with E-state index in [4.69, 9.17) is 0 Å². The van der Waals surface area contributed by atoms with Crippen molar-refractivity contribution in [3.05, 3.63) is 35.4 Å². The lowest BCUT2D eigenvalue weighted by molar-refractivity contribution is -0.272. The standard InChI is InChI=1S/C16H16F5NO2/c17-11-2-1-3-12(18)13(11)9-8-10(9)14(23)22-6-4-15(24,5-7-22)16(19,20)21/h1-3,9-10,24H,4-8H2. The molecule has 1 N–H and O–H groups in total. The highest BCUT2D eigenvalue weighted by Gasteiger charge is 2.56. The Labute approximate surface area is 135 Å². The van der Waals surface area contributed by atoms with Crippen LogP contribution in [0.1, 0.15) is 30.7 Å². The van der Waals surface area contributed by atoms with Gasteiger partial charge in [-0.15, -0.1) is 0 Å². The fourth-order valence-corrected chi connectivity index (χ4v) is 3.27. The Kier molecular flexibility index (Phi) is 4.06. The first-order chi connectivity index (χ1) is 11.1. The average Bonchev–Trinajstić information content (AvgIpc) is 3.26. The molecule has 0 radical (unpaired) electrons. The molecular weight excluding hydrogens is 333 g/mol. The Morgan fingerprint density at radius 1 is 1.17 bits per heavy atom. The van der Waals surface area contributed by atoms with E-state index in [2.05, 4.69) is 0 Å². The summed E-state index contributed by atoms with van der Waals surface area (Å²) >= 11 is 0. The fraction of sp³-hybridized carbons (Fsp3) is 0.562. The molecule has 2 atom stereocenters. The summed E-state index contributed by atoms with van der Waals surface area (Å²) in [6.45, 7) is -0.449. The van der Waals surface area contributed by atoms with Crippen molar-refractivity contribution >= 4 is 5.91 Å².